The normalized spacial score (nSPS) is 14.6. The van der Waals surface area contributed by atoms with E-state index in [1.807, 2.05) is 62.4 Å². The summed E-state index contributed by atoms with van der Waals surface area (Å²) in [5, 5.41) is 4.35. The zero-order chi connectivity index (χ0) is 27.0. The van der Waals surface area contributed by atoms with E-state index in [1.165, 1.54) is 0 Å². The summed E-state index contributed by atoms with van der Waals surface area (Å²) in [5.74, 6) is -0.928. The van der Waals surface area contributed by atoms with Crippen LogP contribution in [0.2, 0.25) is 10.0 Å². The molecule has 1 fully saturated rings. The van der Waals surface area contributed by atoms with Gasteiger partial charge >= 0.3 is 0 Å². The van der Waals surface area contributed by atoms with E-state index in [2.05, 4.69) is 9.88 Å². The van der Waals surface area contributed by atoms with Crippen molar-refractivity contribution in [2.75, 3.05) is 11.9 Å². The number of benzene rings is 3. The summed E-state index contributed by atoms with van der Waals surface area (Å²) < 4.78 is 2.12. The number of para-hydroxylation sites is 1. The van der Waals surface area contributed by atoms with Gasteiger partial charge in [-0.1, -0.05) is 59.6 Å². The molecule has 1 saturated heterocycles. The molecule has 4 aromatic rings. The maximum atomic E-state index is 13.2. The van der Waals surface area contributed by atoms with Crippen LogP contribution in [0.25, 0.3) is 17.0 Å². The Morgan fingerprint density at radius 3 is 2.55 bits per heavy atom. The number of thioether (sulfide) groups is 1. The van der Waals surface area contributed by atoms with Crippen molar-refractivity contribution in [3.8, 4) is 0 Å². The van der Waals surface area contributed by atoms with Crippen molar-refractivity contribution in [2.45, 2.75) is 20.4 Å². The summed E-state index contributed by atoms with van der Waals surface area (Å²) in [5.41, 5.74) is 5.23. The van der Waals surface area contributed by atoms with Crippen LogP contribution < -0.4 is 5.32 Å². The summed E-state index contributed by atoms with van der Waals surface area (Å²) in [7, 11) is 0. The molecule has 5 rings (SSSR count). The minimum Gasteiger partial charge on any atom is -0.340 e. The van der Waals surface area contributed by atoms with Gasteiger partial charge in [0.15, 0.2) is 0 Å². The van der Waals surface area contributed by atoms with Gasteiger partial charge in [0.2, 0.25) is 5.91 Å². The lowest BCUT2D eigenvalue weighted by Crippen LogP contribution is -2.36. The number of amides is 3. The van der Waals surface area contributed by atoms with Gasteiger partial charge in [0, 0.05) is 44.4 Å². The number of aryl methyl sites for hydroxylation is 1. The average Bonchev–Trinajstić information content (AvgIpc) is 3.28. The van der Waals surface area contributed by atoms with E-state index >= 15 is 0 Å². The third kappa shape index (κ3) is 5.23. The van der Waals surface area contributed by atoms with Crippen molar-refractivity contribution in [1.29, 1.82) is 0 Å². The van der Waals surface area contributed by atoms with Gasteiger partial charge in [-0.2, -0.15) is 0 Å². The Kier molecular flexibility index (Phi) is 7.34. The van der Waals surface area contributed by atoms with E-state index in [-0.39, 0.29) is 11.4 Å². The predicted octanol–water partition coefficient (Wildman–Crippen LogP) is 7.29. The van der Waals surface area contributed by atoms with Crippen LogP contribution in [0.15, 0.2) is 71.6 Å². The SMILES string of the molecule is Cc1cccc(NC(=O)CN2C(=O)S/C(=C\c3c(C)n(Cc4ccc(Cl)cc4Cl)c4ccccc34)C2=O)c1. The van der Waals surface area contributed by atoms with Gasteiger partial charge in [0.25, 0.3) is 11.1 Å². The molecule has 9 heteroatoms. The standard InChI is InChI=1S/C29H23Cl2N3O3S/c1-17-6-5-7-21(12-17)32-27(35)16-34-28(36)26(38-29(34)37)14-23-18(2)33(25-9-4-3-8-22(23)25)15-19-10-11-20(30)13-24(19)31/h3-14H,15-16H2,1-2H3,(H,32,35)/b26-14-. The third-order valence-corrected chi connectivity index (χ3v) is 7.87. The number of nitrogens with one attached hydrogen (secondary N) is 1. The summed E-state index contributed by atoms with van der Waals surface area (Å²) in [6, 6.07) is 20.6. The molecule has 3 amide bonds. The number of hydrogen-bond donors (Lipinski definition) is 1. The van der Waals surface area contributed by atoms with Gasteiger partial charge in [-0.05, 0) is 73.1 Å². The molecule has 0 bridgehead atoms. The number of rotatable bonds is 6. The molecule has 1 aromatic heterocycles. The van der Waals surface area contributed by atoms with E-state index < -0.39 is 17.1 Å². The van der Waals surface area contributed by atoms with Crippen LogP contribution in [0, 0.1) is 13.8 Å². The van der Waals surface area contributed by atoms with Crippen molar-refractivity contribution in [2.24, 2.45) is 0 Å². The lowest BCUT2D eigenvalue weighted by atomic mass is 10.1. The maximum absolute atomic E-state index is 13.2. The van der Waals surface area contributed by atoms with Crippen LogP contribution >= 0.6 is 35.0 Å². The van der Waals surface area contributed by atoms with E-state index in [0.717, 1.165) is 49.9 Å². The van der Waals surface area contributed by atoms with Crippen molar-refractivity contribution >= 4 is 74.7 Å². The van der Waals surface area contributed by atoms with Crippen molar-refractivity contribution < 1.29 is 14.4 Å². The minimum atomic E-state index is -0.489. The fourth-order valence-corrected chi connectivity index (χ4v) is 5.79. The molecule has 0 unspecified atom stereocenters. The van der Waals surface area contributed by atoms with Crippen LogP contribution in [0.3, 0.4) is 0 Å². The molecule has 1 N–H and O–H groups in total. The van der Waals surface area contributed by atoms with Gasteiger partial charge in [-0.15, -0.1) is 0 Å². The lowest BCUT2D eigenvalue weighted by Gasteiger charge is -2.12. The third-order valence-electron chi connectivity index (χ3n) is 6.38. The number of anilines is 1. The first-order chi connectivity index (χ1) is 18.2. The highest BCUT2D eigenvalue weighted by Gasteiger charge is 2.36. The molecule has 1 aliphatic rings. The quantitative estimate of drug-likeness (QED) is 0.250. The van der Waals surface area contributed by atoms with E-state index in [1.54, 1.807) is 24.3 Å². The molecule has 3 aromatic carbocycles. The van der Waals surface area contributed by atoms with Crippen LogP contribution in [-0.4, -0.2) is 33.1 Å². The highest BCUT2D eigenvalue weighted by molar-refractivity contribution is 8.18. The van der Waals surface area contributed by atoms with Crippen molar-refractivity contribution in [3.63, 3.8) is 0 Å². The molecule has 2 heterocycles. The topological polar surface area (TPSA) is 71.4 Å². The second-order valence-corrected chi connectivity index (χ2v) is 10.9. The summed E-state index contributed by atoms with van der Waals surface area (Å²) >= 11 is 13.4. The Bertz CT molecular complexity index is 1640. The number of aromatic nitrogens is 1. The van der Waals surface area contributed by atoms with Gasteiger partial charge in [0.05, 0.1) is 4.91 Å². The minimum absolute atomic E-state index is 0.272. The molecule has 38 heavy (non-hydrogen) atoms. The number of imide groups is 1. The van der Waals surface area contributed by atoms with Gasteiger partial charge in [-0.3, -0.25) is 19.3 Å². The maximum Gasteiger partial charge on any atom is 0.294 e. The molecule has 0 atom stereocenters. The van der Waals surface area contributed by atoms with E-state index in [9.17, 15) is 14.4 Å². The number of carbonyl (C=O) groups is 3. The van der Waals surface area contributed by atoms with Gasteiger partial charge in [0.1, 0.15) is 6.54 Å². The first-order valence-electron chi connectivity index (χ1n) is 11.8. The van der Waals surface area contributed by atoms with E-state index in [4.69, 9.17) is 23.2 Å². The molecular weight excluding hydrogens is 541 g/mol. The Hall–Kier alpha value is -3.52. The van der Waals surface area contributed by atoms with Crippen molar-refractivity contribution in [3.05, 3.63) is 104 Å². The number of carbonyl (C=O) groups excluding carboxylic acids is 3. The van der Waals surface area contributed by atoms with Gasteiger partial charge < -0.3 is 9.88 Å². The predicted molar refractivity (Wildman–Crippen MR) is 155 cm³/mol. The summed E-state index contributed by atoms with van der Waals surface area (Å²) in [6.45, 7) is 4.04. The molecule has 6 nitrogen and oxygen atoms in total. The van der Waals surface area contributed by atoms with Gasteiger partial charge in [-0.25, -0.2) is 0 Å². The number of fused-ring (bicyclic) bond motifs is 1. The molecule has 0 radical (unpaired) electrons. The molecule has 0 spiro atoms. The molecular formula is C29H23Cl2N3O3S. The molecule has 1 aliphatic heterocycles. The molecule has 192 valence electrons. The van der Waals surface area contributed by atoms with E-state index in [0.29, 0.717) is 22.3 Å². The van der Waals surface area contributed by atoms with Crippen LogP contribution in [0.4, 0.5) is 10.5 Å². The molecule has 0 aliphatic carbocycles. The second-order valence-electron chi connectivity index (χ2n) is 9.02. The Labute approximate surface area is 234 Å². The lowest BCUT2D eigenvalue weighted by molar-refractivity contribution is -0.127. The summed E-state index contributed by atoms with van der Waals surface area (Å²) in [6.07, 6.45) is 1.74. The average molecular weight is 564 g/mol. The fraction of sp³-hybridized carbons (Fsp3) is 0.138. The largest absolute Gasteiger partial charge is 0.340 e. The number of halogens is 2. The highest BCUT2D eigenvalue weighted by atomic mass is 35.5. The Morgan fingerprint density at radius 1 is 1.00 bits per heavy atom. The zero-order valence-corrected chi connectivity index (χ0v) is 23.0. The monoisotopic (exact) mass is 563 g/mol. The smallest absolute Gasteiger partial charge is 0.294 e. The zero-order valence-electron chi connectivity index (χ0n) is 20.6. The first kappa shape index (κ1) is 26.1. The van der Waals surface area contributed by atoms with Crippen molar-refractivity contribution in [1.82, 2.24) is 9.47 Å². The van der Waals surface area contributed by atoms with Crippen LogP contribution in [-0.2, 0) is 16.1 Å². The van der Waals surface area contributed by atoms with Crippen LogP contribution in [0.5, 0.6) is 0 Å². The highest BCUT2D eigenvalue weighted by Crippen LogP contribution is 2.36. The van der Waals surface area contributed by atoms with Crippen LogP contribution in [0.1, 0.15) is 22.4 Å². The molecule has 0 saturated carbocycles. The fourth-order valence-electron chi connectivity index (χ4n) is 4.50. The second kappa shape index (κ2) is 10.7. The Balaban J connectivity index is 1.42. The number of nitrogens with zero attached hydrogens (tertiary/aromatic N) is 2. The summed E-state index contributed by atoms with van der Waals surface area (Å²) in [4.78, 5) is 39.7. The Morgan fingerprint density at radius 2 is 1.79 bits per heavy atom. The first-order valence-corrected chi connectivity index (χ1v) is 13.4. The number of hydrogen-bond acceptors (Lipinski definition) is 4.